The number of hydrogen-bond acceptors (Lipinski definition) is 6. The van der Waals surface area contributed by atoms with Crippen LogP contribution in [-0.4, -0.2) is 29.9 Å². The Balaban J connectivity index is 1.20. The van der Waals surface area contributed by atoms with Crippen molar-refractivity contribution in [3.05, 3.63) is 145 Å². The summed E-state index contributed by atoms with van der Waals surface area (Å²) in [7, 11) is 0. The van der Waals surface area contributed by atoms with Crippen molar-refractivity contribution in [1.82, 2.24) is 29.9 Å². The zero-order valence-corrected chi connectivity index (χ0v) is 24.4. The first-order valence-corrected chi connectivity index (χ1v) is 14.4. The van der Waals surface area contributed by atoms with Crippen LogP contribution in [0.1, 0.15) is 11.1 Å². The summed E-state index contributed by atoms with van der Waals surface area (Å²) >= 11 is 0. The molecular weight excluding hydrogens is 540 g/mol. The normalized spacial score (nSPS) is 11.0. The van der Waals surface area contributed by atoms with E-state index in [0.717, 1.165) is 33.5 Å². The van der Waals surface area contributed by atoms with Crippen LogP contribution in [0, 0.1) is 13.8 Å². The summed E-state index contributed by atoms with van der Waals surface area (Å²) in [6.45, 7) is 4.29. The summed E-state index contributed by atoms with van der Waals surface area (Å²) < 4.78 is 0. The van der Waals surface area contributed by atoms with Crippen LogP contribution < -0.4 is 0 Å². The molecule has 6 nitrogen and oxygen atoms in total. The fourth-order valence-electron chi connectivity index (χ4n) is 5.39. The molecule has 0 bridgehead atoms. The van der Waals surface area contributed by atoms with Crippen molar-refractivity contribution < 1.29 is 0 Å². The number of aromatic nitrogens is 6. The summed E-state index contributed by atoms with van der Waals surface area (Å²) in [5.74, 6) is 1.63. The van der Waals surface area contributed by atoms with Gasteiger partial charge < -0.3 is 0 Å². The SMILES string of the molecule is Cc1cc(C)cc(-c2ccccc2-c2ccc(-c3ccc(-c4nc(-c5cccnc5)nc(-c5cccnc5)n4)cn3)cc2)c1. The molecule has 0 radical (unpaired) electrons. The van der Waals surface area contributed by atoms with E-state index in [2.05, 4.69) is 90.5 Å². The van der Waals surface area contributed by atoms with Crippen molar-refractivity contribution in [1.29, 1.82) is 0 Å². The molecule has 0 N–H and O–H groups in total. The second-order valence-electron chi connectivity index (χ2n) is 10.7. The summed E-state index contributed by atoms with van der Waals surface area (Å²) in [6, 6.07) is 35.5. The van der Waals surface area contributed by atoms with Crippen molar-refractivity contribution >= 4 is 0 Å². The second kappa shape index (κ2) is 11.8. The lowest BCUT2D eigenvalue weighted by Crippen LogP contribution is -2.00. The van der Waals surface area contributed by atoms with Crippen LogP contribution in [0.4, 0.5) is 0 Å². The van der Waals surface area contributed by atoms with Crippen molar-refractivity contribution in [2.45, 2.75) is 13.8 Å². The van der Waals surface area contributed by atoms with Crippen molar-refractivity contribution in [2.75, 3.05) is 0 Å². The zero-order chi connectivity index (χ0) is 29.9. The monoisotopic (exact) mass is 568 g/mol. The smallest absolute Gasteiger partial charge is 0.165 e. The summed E-state index contributed by atoms with van der Waals surface area (Å²) in [5, 5.41) is 0. The molecule has 0 saturated heterocycles. The lowest BCUT2D eigenvalue weighted by Gasteiger charge is -2.12. The quantitative estimate of drug-likeness (QED) is 0.200. The van der Waals surface area contributed by atoms with Crippen LogP contribution in [-0.2, 0) is 0 Å². The van der Waals surface area contributed by atoms with E-state index in [0.29, 0.717) is 17.5 Å². The van der Waals surface area contributed by atoms with Gasteiger partial charge in [-0.05, 0) is 72.5 Å². The molecular formula is C38H28N6. The third kappa shape index (κ3) is 5.61. The number of aryl methyl sites for hydroxylation is 2. The summed E-state index contributed by atoms with van der Waals surface area (Å²) in [4.78, 5) is 27.5. The predicted octanol–water partition coefficient (Wildman–Crippen LogP) is 8.68. The van der Waals surface area contributed by atoms with Crippen LogP contribution in [0.3, 0.4) is 0 Å². The van der Waals surface area contributed by atoms with E-state index in [1.807, 2.05) is 42.6 Å². The predicted molar refractivity (Wildman–Crippen MR) is 175 cm³/mol. The van der Waals surface area contributed by atoms with E-state index >= 15 is 0 Å². The Kier molecular flexibility index (Phi) is 7.22. The standard InChI is InChI=1S/C38H28N6/c1-25-19-26(2)21-32(20-25)34-10-4-3-9-33(34)27-11-13-28(14-12-27)35-16-15-31(24-41-35)38-43-36(29-7-5-17-39-22-29)42-37(44-38)30-8-6-18-40-23-30/h3-24H,1-2H3. The average Bonchev–Trinajstić information content (AvgIpc) is 3.08. The van der Waals surface area contributed by atoms with Gasteiger partial charge in [-0.25, -0.2) is 15.0 Å². The molecule has 0 amide bonds. The first-order chi connectivity index (χ1) is 21.6. The molecule has 0 atom stereocenters. The molecule has 7 rings (SSSR count). The first-order valence-electron chi connectivity index (χ1n) is 14.4. The van der Waals surface area contributed by atoms with Crippen molar-refractivity contribution in [3.63, 3.8) is 0 Å². The van der Waals surface area contributed by atoms with Gasteiger partial charge in [0.05, 0.1) is 5.69 Å². The highest BCUT2D eigenvalue weighted by molar-refractivity contribution is 5.84. The third-order valence-electron chi connectivity index (χ3n) is 7.45. The Hall–Kier alpha value is -5.88. The summed E-state index contributed by atoms with van der Waals surface area (Å²) in [5.41, 5.74) is 11.7. The first kappa shape index (κ1) is 27.0. The maximum absolute atomic E-state index is 4.79. The van der Waals surface area contributed by atoms with Crippen LogP contribution in [0.5, 0.6) is 0 Å². The molecule has 210 valence electrons. The summed E-state index contributed by atoms with van der Waals surface area (Å²) in [6.07, 6.45) is 8.77. The molecule has 0 saturated carbocycles. The van der Waals surface area contributed by atoms with Gasteiger partial charge in [-0.15, -0.1) is 0 Å². The van der Waals surface area contributed by atoms with Gasteiger partial charge in [0.2, 0.25) is 0 Å². The van der Waals surface area contributed by atoms with E-state index < -0.39 is 0 Å². The molecule has 4 heterocycles. The Morgan fingerprint density at radius 1 is 0.409 bits per heavy atom. The molecule has 44 heavy (non-hydrogen) atoms. The number of hydrogen-bond donors (Lipinski definition) is 0. The molecule has 4 aromatic heterocycles. The maximum Gasteiger partial charge on any atom is 0.165 e. The second-order valence-corrected chi connectivity index (χ2v) is 10.7. The average molecular weight is 569 g/mol. The minimum Gasteiger partial charge on any atom is -0.264 e. The molecule has 0 spiro atoms. The van der Waals surface area contributed by atoms with Gasteiger partial charge in [0.15, 0.2) is 17.5 Å². The molecule has 3 aromatic carbocycles. The fourth-order valence-corrected chi connectivity index (χ4v) is 5.39. The highest BCUT2D eigenvalue weighted by Gasteiger charge is 2.14. The molecule has 0 aliphatic heterocycles. The topological polar surface area (TPSA) is 77.3 Å². The number of nitrogens with zero attached hydrogens (tertiary/aromatic N) is 6. The Morgan fingerprint density at radius 3 is 1.41 bits per heavy atom. The van der Waals surface area contributed by atoms with Gasteiger partial charge in [0, 0.05) is 53.2 Å². The highest BCUT2D eigenvalue weighted by atomic mass is 15.0. The van der Waals surface area contributed by atoms with Crippen LogP contribution in [0.25, 0.3) is 67.7 Å². The highest BCUT2D eigenvalue weighted by Crippen LogP contribution is 2.34. The van der Waals surface area contributed by atoms with Crippen molar-refractivity contribution in [2.24, 2.45) is 0 Å². The molecule has 0 unspecified atom stereocenters. The van der Waals surface area contributed by atoms with Gasteiger partial charge in [0.25, 0.3) is 0 Å². The Bertz CT molecular complexity index is 1980. The Morgan fingerprint density at radius 2 is 0.909 bits per heavy atom. The van der Waals surface area contributed by atoms with Crippen LogP contribution >= 0.6 is 0 Å². The lowest BCUT2D eigenvalue weighted by molar-refractivity contribution is 1.06. The molecule has 7 aromatic rings. The fraction of sp³-hybridized carbons (Fsp3) is 0.0526. The molecule has 6 heteroatoms. The molecule has 0 fully saturated rings. The minimum absolute atomic E-state index is 0.537. The number of pyridine rings is 3. The molecule has 0 aliphatic rings. The van der Waals surface area contributed by atoms with Gasteiger partial charge in [0.1, 0.15) is 0 Å². The lowest BCUT2D eigenvalue weighted by atomic mass is 9.92. The number of rotatable bonds is 6. The van der Waals surface area contributed by atoms with Gasteiger partial charge in [-0.3, -0.25) is 15.0 Å². The zero-order valence-electron chi connectivity index (χ0n) is 24.4. The van der Waals surface area contributed by atoms with E-state index in [1.165, 1.54) is 27.8 Å². The van der Waals surface area contributed by atoms with E-state index in [1.54, 1.807) is 24.8 Å². The minimum atomic E-state index is 0.537. The van der Waals surface area contributed by atoms with Crippen LogP contribution in [0.2, 0.25) is 0 Å². The third-order valence-corrected chi connectivity index (χ3v) is 7.45. The largest absolute Gasteiger partial charge is 0.264 e. The van der Waals surface area contributed by atoms with Gasteiger partial charge in [-0.2, -0.15) is 0 Å². The van der Waals surface area contributed by atoms with Gasteiger partial charge >= 0.3 is 0 Å². The van der Waals surface area contributed by atoms with E-state index in [9.17, 15) is 0 Å². The van der Waals surface area contributed by atoms with Gasteiger partial charge in [-0.1, -0.05) is 77.9 Å². The maximum atomic E-state index is 4.79. The van der Waals surface area contributed by atoms with Crippen LogP contribution in [0.15, 0.2) is 134 Å². The van der Waals surface area contributed by atoms with Crippen molar-refractivity contribution in [3.8, 4) is 67.7 Å². The van der Waals surface area contributed by atoms with E-state index in [-0.39, 0.29) is 0 Å². The molecule has 0 aliphatic carbocycles. The number of benzene rings is 3. The van der Waals surface area contributed by atoms with E-state index in [4.69, 9.17) is 19.9 Å². The Labute approximate surface area is 256 Å².